The van der Waals surface area contributed by atoms with Crippen LogP contribution in [0.2, 0.25) is 0 Å². The molecular formula is C12H19NO. The normalized spacial score (nSPS) is 16.0. The van der Waals surface area contributed by atoms with Gasteiger partial charge in [-0.2, -0.15) is 0 Å². The van der Waals surface area contributed by atoms with E-state index in [1.165, 1.54) is 0 Å². The monoisotopic (exact) mass is 193 g/mol. The maximum absolute atomic E-state index is 10.9. The maximum Gasteiger partial charge on any atom is 0.228 e. The third-order valence-corrected chi connectivity index (χ3v) is 1.88. The van der Waals surface area contributed by atoms with Crippen molar-refractivity contribution in [2.24, 2.45) is 0 Å². The first kappa shape index (κ1) is 12.7. The van der Waals surface area contributed by atoms with Crippen LogP contribution in [0.15, 0.2) is 35.6 Å². The van der Waals surface area contributed by atoms with E-state index in [0.717, 1.165) is 16.8 Å². The molecule has 14 heavy (non-hydrogen) atoms. The number of amides is 1. The molecular weight excluding hydrogens is 174 g/mol. The van der Waals surface area contributed by atoms with E-state index in [-0.39, 0.29) is 5.91 Å². The molecule has 0 unspecified atom stereocenters. The lowest BCUT2D eigenvalue weighted by molar-refractivity contribution is -0.118. The van der Waals surface area contributed by atoms with Crippen molar-refractivity contribution in [1.29, 1.82) is 0 Å². The van der Waals surface area contributed by atoms with Crippen LogP contribution in [0.3, 0.4) is 0 Å². The standard InChI is InChI=1S/C10H13NO.C2H6/c1-4-7(2)5-9-6-10(12)11-8(9)3;1-2/h4-5H,1,6H2,2-3H3,(H,11,12);1-2H3/b7-5-;. The molecule has 0 atom stereocenters. The lowest BCUT2D eigenvalue weighted by atomic mass is 10.1. The third kappa shape index (κ3) is 3.60. The lowest BCUT2D eigenvalue weighted by Gasteiger charge is -1.94. The van der Waals surface area contributed by atoms with Crippen LogP contribution in [0, 0.1) is 0 Å². The van der Waals surface area contributed by atoms with Crippen LogP contribution in [-0.4, -0.2) is 5.91 Å². The number of rotatable bonds is 2. The van der Waals surface area contributed by atoms with Gasteiger partial charge in [-0.05, 0) is 19.4 Å². The highest BCUT2D eigenvalue weighted by Crippen LogP contribution is 2.16. The van der Waals surface area contributed by atoms with Crippen molar-refractivity contribution in [1.82, 2.24) is 5.32 Å². The van der Waals surface area contributed by atoms with Crippen LogP contribution < -0.4 is 5.32 Å². The molecule has 0 spiro atoms. The van der Waals surface area contributed by atoms with Crippen molar-refractivity contribution in [2.45, 2.75) is 34.1 Å². The summed E-state index contributed by atoms with van der Waals surface area (Å²) in [5, 5.41) is 2.76. The van der Waals surface area contributed by atoms with Gasteiger partial charge in [-0.3, -0.25) is 4.79 Å². The number of nitrogens with one attached hydrogen (secondary N) is 1. The molecule has 0 aromatic heterocycles. The van der Waals surface area contributed by atoms with Crippen molar-refractivity contribution in [3.63, 3.8) is 0 Å². The Labute approximate surface area is 86.4 Å². The van der Waals surface area contributed by atoms with Crippen molar-refractivity contribution in [3.05, 3.63) is 35.6 Å². The van der Waals surface area contributed by atoms with Crippen LogP contribution in [0.4, 0.5) is 0 Å². The van der Waals surface area contributed by atoms with Crippen LogP contribution in [0.5, 0.6) is 0 Å². The molecule has 0 saturated heterocycles. The van der Waals surface area contributed by atoms with Crippen LogP contribution in [0.25, 0.3) is 0 Å². The Hall–Kier alpha value is -1.31. The molecule has 78 valence electrons. The van der Waals surface area contributed by atoms with E-state index in [1.807, 2.05) is 33.8 Å². The number of carbonyl (C=O) groups is 1. The third-order valence-electron chi connectivity index (χ3n) is 1.88. The molecule has 2 heteroatoms. The Kier molecular flexibility index (Phi) is 5.61. The number of carbonyl (C=O) groups excluding carboxylic acids is 1. The second-order valence-electron chi connectivity index (χ2n) is 2.97. The zero-order valence-corrected chi connectivity index (χ0v) is 9.48. The summed E-state index contributed by atoms with van der Waals surface area (Å²) in [6.45, 7) is 11.5. The molecule has 0 aromatic rings. The van der Waals surface area contributed by atoms with E-state index in [9.17, 15) is 4.79 Å². The summed E-state index contributed by atoms with van der Waals surface area (Å²) in [5.74, 6) is 0.0793. The molecule has 2 nitrogen and oxygen atoms in total. The van der Waals surface area contributed by atoms with Gasteiger partial charge in [0.2, 0.25) is 5.91 Å². The Morgan fingerprint density at radius 3 is 2.43 bits per heavy atom. The minimum absolute atomic E-state index is 0.0793. The molecule has 1 aliphatic heterocycles. The van der Waals surface area contributed by atoms with Crippen molar-refractivity contribution < 1.29 is 4.79 Å². The van der Waals surface area contributed by atoms with Crippen LogP contribution in [-0.2, 0) is 4.79 Å². The SMILES string of the molecule is C=C/C(C)=C\C1=C(C)NC(=O)C1.CC. The van der Waals surface area contributed by atoms with Gasteiger partial charge in [0, 0.05) is 5.70 Å². The summed E-state index contributed by atoms with van der Waals surface area (Å²) >= 11 is 0. The fourth-order valence-corrected chi connectivity index (χ4v) is 1.13. The van der Waals surface area contributed by atoms with E-state index in [4.69, 9.17) is 0 Å². The highest BCUT2D eigenvalue weighted by atomic mass is 16.1. The molecule has 0 radical (unpaired) electrons. The average Bonchev–Trinajstić information content (AvgIpc) is 2.48. The lowest BCUT2D eigenvalue weighted by Crippen LogP contribution is -2.12. The molecule has 0 saturated carbocycles. The summed E-state index contributed by atoms with van der Waals surface area (Å²) in [6, 6.07) is 0. The van der Waals surface area contributed by atoms with Crippen molar-refractivity contribution in [2.75, 3.05) is 0 Å². The van der Waals surface area contributed by atoms with Gasteiger partial charge >= 0.3 is 0 Å². The zero-order valence-electron chi connectivity index (χ0n) is 9.48. The average molecular weight is 193 g/mol. The Bertz CT molecular complexity index is 285. The van der Waals surface area contributed by atoms with Gasteiger partial charge in [-0.25, -0.2) is 0 Å². The second kappa shape index (κ2) is 6.19. The van der Waals surface area contributed by atoms with Crippen molar-refractivity contribution in [3.8, 4) is 0 Å². The van der Waals surface area contributed by atoms with Gasteiger partial charge in [0.1, 0.15) is 0 Å². The topological polar surface area (TPSA) is 29.1 Å². The highest BCUT2D eigenvalue weighted by molar-refractivity contribution is 5.84. The van der Waals surface area contributed by atoms with Gasteiger partial charge in [0.05, 0.1) is 6.42 Å². The molecule has 1 N–H and O–H groups in total. The van der Waals surface area contributed by atoms with E-state index < -0.39 is 0 Å². The molecule has 0 bridgehead atoms. The van der Waals surface area contributed by atoms with Crippen LogP contribution in [0.1, 0.15) is 34.1 Å². The molecule has 1 heterocycles. The number of hydrogen-bond donors (Lipinski definition) is 1. The first-order chi connectivity index (χ1) is 6.63. The molecule has 0 aliphatic carbocycles. The minimum atomic E-state index is 0.0793. The number of allylic oxidation sites excluding steroid dienone is 4. The molecule has 1 amide bonds. The maximum atomic E-state index is 10.9. The quantitative estimate of drug-likeness (QED) is 0.671. The molecule has 1 rings (SSSR count). The Morgan fingerprint density at radius 2 is 2.07 bits per heavy atom. The summed E-state index contributed by atoms with van der Waals surface area (Å²) in [6.07, 6.45) is 4.26. The second-order valence-corrected chi connectivity index (χ2v) is 2.97. The Morgan fingerprint density at radius 1 is 1.50 bits per heavy atom. The first-order valence-electron chi connectivity index (χ1n) is 4.94. The fraction of sp³-hybridized carbons (Fsp3) is 0.417. The van der Waals surface area contributed by atoms with Gasteiger partial charge < -0.3 is 5.32 Å². The van der Waals surface area contributed by atoms with E-state index in [0.29, 0.717) is 6.42 Å². The molecule has 1 aliphatic rings. The predicted molar refractivity (Wildman–Crippen MR) is 60.8 cm³/mol. The summed E-state index contributed by atoms with van der Waals surface area (Å²) in [4.78, 5) is 10.9. The predicted octanol–water partition coefficient (Wildman–Crippen LogP) is 2.94. The summed E-state index contributed by atoms with van der Waals surface area (Å²) in [7, 11) is 0. The first-order valence-corrected chi connectivity index (χ1v) is 4.94. The van der Waals surface area contributed by atoms with Gasteiger partial charge in [0.25, 0.3) is 0 Å². The minimum Gasteiger partial charge on any atom is -0.329 e. The van der Waals surface area contributed by atoms with Gasteiger partial charge in [-0.15, -0.1) is 0 Å². The van der Waals surface area contributed by atoms with E-state index in [2.05, 4.69) is 11.9 Å². The summed E-state index contributed by atoms with van der Waals surface area (Å²) < 4.78 is 0. The fourth-order valence-electron chi connectivity index (χ4n) is 1.13. The largest absolute Gasteiger partial charge is 0.329 e. The highest BCUT2D eigenvalue weighted by Gasteiger charge is 2.15. The smallest absolute Gasteiger partial charge is 0.228 e. The van der Waals surface area contributed by atoms with E-state index in [1.54, 1.807) is 6.08 Å². The zero-order chi connectivity index (χ0) is 11.1. The van der Waals surface area contributed by atoms with Crippen LogP contribution >= 0.6 is 0 Å². The van der Waals surface area contributed by atoms with E-state index >= 15 is 0 Å². The van der Waals surface area contributed by atoms with Crippen molar-refractivity contribution >= 4 is 5.91 Å². The van der Waals surface area contributed by atoms with Gasteiger partial charge in [-0.1, -0.05) is 38.2 Å². The molecule has 0 fully saturated rings. The Balaban J connectivity index is 0.000000791. The summed E-state index contributed by atoms with van der Waals surface area (Å²) in [5.41, 5.74) is 3.11. The molecule has 0 aromatic carbocycles. The number of hydrogen-bond acceptors (Lipinski definition) is 1. The van der Waals surface area contributed by atoms with Gasteiger partial charge in [0.15, 0.2) is 0 Å².